The quantitative estimate of drug-likeness (QED) is 0.914. The van der Waals surface area contributed by atoms with Crippen LogP contribution in [0.1, 0.15) is 44.2 Å². The van der Waals surface area contributed by atoms with E-state index in [1.54, 1.807) is 0 Å². The summed E-state index contributed by atoms with van der Waals surface area (Å²) in [5, 5.41) is 12.9. The third-order valence-corrected chi connectivity index (χ3v) is 4.24. The number of nitriles is 1. The van der Waals surface area contributed by atoms with Crippen molar-refractivity contribution in [2.45, 2.75) is 52.1 Å². The monoisotopic (exact) mass is 271 g/mol. The van der Waals surface area contributed by atoms with Crippen molar-refractivity contribution in [3.8, 4) is 6.07 Å². The first-order valence-electron chi connectivity index (χ1n) is 7.62. The van der Waals surface area contributed by atoms with Gasteiger partial charge in [-0.1, -0.05) is 12.1 Å². The van der Waals surface area contributed by atoms with E-state index in [9.17, 15) is 5.26 Å². The number of anilines is 1. The zero-order valence-electron chi connectivity index (χ0n) is 12.8. The lowest BCUT2D eigenvalue weighted by Crippen LogP contribution is -2.32. The largest absolute Gasteiger partial charge is 0.381 e. The second-order valence-corrected chi connectivity index (χ2v) is 6.01. The minimum Gasteiger partial charge on any atom is -0.381 e. The Morgan fingerprint density at radius 3 is 2.80 bits per heavy atom. The lowest BCUT2D eigenvalue weighted by atomic mass is 10.0. The number of aryl methyl sites for hydroxylation is 1. The highest BCUT2D eigenvalue weighted by molar-refractivity contribution is 5.61. The molecule has 1 saturated heterocycles. The molecule has 0 spiro atoms. The predicted molar refractivity (Wildman–Crippen MR) is 83.9 cm³/mol. The fraction of sp³-hybridized carbons (Fsp3) is 0.588. The van der Waals surface area contributed by atoms with E-state index in [2.05, 4.69) is 30.1 Å². The Hall–Kier alpha value is -1.53. The summed E-state index contributed by atoms with van der Waals surface area (Å²) in [5.74, 6) is 0. The van der Waals surface area contributed by atoms with Gasteiger partial charge in [0.2, 0.25) is 0 Å². The Morgan fingerprint density at radius 1 is 1.30 bits per heavy atom. The molecule has 0 bridgehead atoms. The van der Waals surface area contributed by atoms with Crippen molar-refractivity contribution < 1.29 is 0 Å². The van der Waals surface area contributed by atoms with E-state index >= 15 is 0 Å². The van der Waals surface area contributed by atoms with E-state index in [1.807, 2.05) is 25.1 Å². The van der Waals surface area contributed by atoms with Gasteiger partial charge < -0.3 is 10.2 Å². The highest BCUT2D eigenvalue weighted by atomic mass is 15.1. The Morgan fingerprint density at radius 2 is 2.10 bits per heavy atom. The Bertz CT molecular complexity index is 487. The molecule has 1 atom stereocenters. The van der Waals surface area contributed by atoms with Crippen LogP contribution in [0.5, 0.6) is 0 Å². The molecule has 1 aromatic rings. The molecule has 1 N–H and O–H groups in total. The molecule has 0 aliphatic carbocycles. The van der Waals surface area contributed by atoms with Gasteiger partial charge in [-0.25, -0.2) is 0 Å². The first-order chi connectivity index (χ1) is 9.61. The molecule has 3 nitrogen and oxygen atoms in total. The van der Waals surface area contributed by atoms with Crippen LogP contribution in [0, 0.1) is 18.3 Å². The van der Waals surface area contributed by atoms with Gasteiger partial charge in [0.25, 0.3) is 0 Å². The third kappa shape index (κ3) is 3.52. The van der Waals surface area contributed by atoms with Crippen molar-refractivity contribution in [2.24, 2.45) is 0 Å². The summed E-state index contributed by atoms with van der Waals surface area (Å²) in [5.41, 5.74) is 2.84. The van der Waals surface area contributed by atoms with Crippen LogP contribution in [0.25, 0.3) is 0 Å². The van der Waals surface area contributed by atoms with Crippen LogP contribution < -0.4 is 5.32 Å². The molecule has 1 aliphatic rings. The molecule has 1 heterocycles. The molecule has 0 amide bonds. The van der Waals surface area contributed by atoms with Crippen molar-refractivity contribution >= 4 is 5.69 Å². The van der Waals surface area contributed by atoms with Gasteiger partial charge in [0, 0.05) is 18.6 Å². The molecule has 0 radical (unpaired) electrons. The number of hydrogen-bond acceptors (Lipinski definition) is 3. The topological polar surface area (TPSA) is 39.1 Å². The van der Waals surface area contributed by atoms with Crippen molar-refractivity contribution in [1.29, 1.82) is 5.26 Å². The maximum Gasteiger partial charge on any atom is 0.102 e. The number of likely N-dealkylation sites (tertiary alicyclic amines) is 1. The normalized spacial score (nSPS) is 20.4. The minimum absolute atomic E-state index is 0.479. The first kappa shape index (κ1) is 14.9. The molecule has 1 unspecified atom stereocenters. The number of nitrogens with zero attached hydrogens (tertiary/aromatic N) is 2. The molecule has 1 aromatic carbocycles. The Balaban J connectivity index is 2.04. The molecule has 1 fully saturated rings. The molecular formula is C17H25N3. The second kappa shape index (κ2) is 6.76. The lowest BCUT2D eigenvalue weighted by Gasteiger charge is -2.24. The van der Waals surface area contributed by atoms with Gasteiger partial charge in [-0.3, -0.25) is 0 Å². The fourth-order valence-electron chi connectivity index (χ4n) is 2.94. The summed E-state index contributed by atoms with van der Waals surface area (Å²) in [6.07, 6.45) is 3.56. The van der Waals surface area contributed by atoms with E-state index in [4.69, 9.17) is 0 Å². The van der Waals surface area contributed by atoms with Crippen LogP contribution in [0.2, 0.25) is 0 Å². The van der Waals surface area contributed by atoms with Gasteiger partial charge in [0.05, 0.1) is 11.3 Å². The molecule has 2 rings (SSSR count). The number of nitrogens with one attached hydrogen (secondary N) is 1. The summed E-state index contributed by atoms with van der Waals surface area (Å²) in [7, 11) is 0. The maximum absolute atomic E-state index is 9.30. The number of hydrogen-bond donors (Lipinski definition) is 1. The summed E-state index contributed by atoms with van der Waals surface area (Å²) in [6, 6.07) is 9.47. The van der Waals surface area contributed by atoms with Gasteiger partial charge in [-0.2, -0.15) is 5.26 Å². The van der Waals surface area contributed by atoms with Gasteiger partial charge in [-0.15, -0.1) is 0 Å². The summed E-state index contributed by atoms with van der Waals surface area (Å²) in [6.45, 7) is 8.86. The zero-order valence-corrected chi connectivity index (χ0v) is 12.8. The van der Waals surface area contributed by atoms with Gasteiger partial charge >= 0.3 is 0 Å². The van der Waals surface area contributed by atoms with Crippen LogP contribution in [0.15, 0.2) is 18.2 Å². The third-order valence-electron chi connectivity index (χ3n) is 4.24. The van der Waals surface area contributed by atoms with Gasteiger partial charge in [0.15, 0.2) is 0 Å². The minimum atomic E-state index is 0.479. The van der Waals surface area contributed by atoms with Crippen LogP contribution in [0.4, 0.5) is 5.69 Å². The molecule has 20 heavy (non-hydrogen) atoms. The van der Waals surface area contributed by atoms with E-state index in [1.165, 1.54) is 19.4 Å². The smallest absolute Gasteiger partial charge is 0.102 e. The van der Waals surface area contributed by atoms with Crippen LogP contribution >= 0.6 is 0 Å². The van der Waals surface area contributed by atoms with Crippen molar-refractivity contribution in [2.75, 3.05) is 18.4 Å². The van der Waals surface area contributed by atoms with Gasteiger partial charge in [0.1, 0.15) is 6.07 Å². The second-order valence-electron chi connectivity index (χ2n) is 6.01. The maximum atomic E-state index is 9.30. The van der Waals surface area contributed by atoms with E-state index < -0.39 is 0 Å². The van der Waals surface area contributed by atoms with Crippen LogP contribution in [0.3, 0.4) is 0 Å². The molecule has 1 aliphatic heterocycles. The number of benzene rings is 1. The average Bonchev–Trinajstić information content (AvgIpc) is 2.65. The highest BCUT2D eigenvalue weighted by Gasteiger charge is 2.19. The standard InChI is InChI=1S/C17H25N3/c1-13(2)20-10-5-7-15(9-11-20)19-17-8-4-6-14(3)16(17)12-18/h4,6,8,13,15,19H,5,7,9-11H2,1-3H3. The molecular weight excluding hydrogens is 246 g/mol. The fourth-order valence-corrected chi connectivity index (χ4v) is 2.94. The lowest BCUT2D eigenvalue weighted by molar-refractivity contribution is 0.230. The summed E-state index contributed by atoms with van der Waals surface area (Å²) in [4.78, 5) is 2.54. The molecule has 108 valence electrons. The number of rotatable bonds is 3. The van der Waals surface area contributed by atoms with Crippen LogP contribution in [-0.2, 0) is 0 Å². The summed E-state index contributed by atoms with van der Waals surface area (Å²) >= 11 is 0. The summed E-state index contributed by atoms with van der Waals surface area (Å²) < 4.78 is 0. The van der Waals surface area contributed by atoms with E-state index in [-0.39, 0.29) is 0 Å². The predicted octanol–water partition coefficient (Wildman–Crippen LogP) is 3.54. The van der Waals surface area contributed by atoms with Crippen LogP contribution in [-0.4, -0.2) is 30.1 Å². The van der Waals surface area contributed by atoms with Crippen molar-refractivity contribution in [1.82, 2.24) is 4.90 Å². The van der Waals surface area contributed by atoms with Crippen molar-refractivity contribution in [3.63, 3.8) is 0 Å². The zero-order chi connectivity index (χ0) is 14.5. The van der Waals surface area contributed by atoms with E-state index in [0.717, 1.165) is 29.8 Å². The molecule has 0 aromatic heterocycles. The SMILES string of the molecule is Cc1cccc(NC2CCCN(C(C)C)CC2)c1C#N. The van der Waals surface area contributed by atoms with Gasteiger partial charge in [-0.05, 0) is 58.2 Å². The Labute approximate surface area is 122 Å². The molecule has 3 heteroatoms. The highest BCUT2D eigenvalue weighted by Crippen LogP contribution is 2.22. The average molecular weight is 271 g/mol. The Kier molecular flexibility index (Phi) is 5.03. The molecule has 0 saturated carbocycles. The first-order valence-corrected chi connectivity index (χ1v) is 7.62. The van der Waals surface area contributed by atoms with Crippen molar-refractivity contribution in [3.05, 3.63) is 29.3 Å². The van der Waals surface area contributed by atoms with E-state index in [0.29, 0.717) is 12.1 Å².